The number of nitrogens with zero attached hydrogens (tertiary/aromatic N) is 1. The molecule has 1 fully saturated rings. The monoisotopic (exact) mass is 238 g/mol. The standard InChI is InChI=1S/C13H22N2S/c1-11-5-3-6-12(2)15(11)14-9-8-13-7-4-10-16-13/h4,7,10-12,14H,3,5-6,8-9H2,1-2H3. The molecule has 1 aliphatic heterocycles. The average Bonchev–Trinajstić information content (AvgIpc) is 2.75. The van der Waals surface area contributed by atoms with Crippen molar-refractivity contribution in [3.63, 3.8) is 0 Å². The van der Waals surface area contributed by atoms with E-state index in [1.807, 2.05) is 11.3 Å². The first-order valence-corrected chi connectivity index (χ1v) is 7.19. The van der Waals surface area contributed by atoms with Gasteiger partial charge >= 0.3 is 0 Å². The van der Waals surface area contributed by atoms with Gasteiger partial charge in [0.05, 0.1) is 0 Å². The van der Waals surface area contributed by atoms with Gasteiger partial charge in [0.25, 0.3) is 0 Å². The van der Waals surface area contributed by atoms with Crippen LogP contribution >= 0.6 is 11.3 Å². The van der Waals surface area contributed by atoms with Gasteiger partial charge in [-0.25, -0.2) is 5.01 Å². The van der Waals surface area contributed by atoms with Crippen molar-refractivity contribution in [2.24, 2.45) is 0 Å². The summed E-state index contributed by atoms with van der Waals surface area (Å²) in [5, 5.41) is 4.61. The molecular weight excluding hydrogens is 216 g/mol. The molecule has 1 aliphatic rings. The topological polar surface area (TPSA) is 15.3 Å². The van der Waals surface area contributed by atoms with Crippen molar-refractivity contribution in [3.05, 3.63) is 22.4 Å². The lowest BCUT2D eigenvalue weighted by Gasteiger charge is -2.39. The molecule has 0 spiro atoms. The van der Waals surface area contributed by atoms with Crippen LogP contribution < -0.4 is 5.43 Å². The van der Waals surface area contributed by atoms with E-state index in [0.717, 1.165) is 13.0 Å². The summed E-state index contributed by atoms with van der Waals surface area (Å²) in [6.45, 7) is 5.72. The molecule has 0 aliphatic carbocycles. The summed E-state index contributed by atoms with van der Waals surface area (Å²) in [7, 11) is 0. The summed E-state index contributed by atoms with van der Waals surface area (Å²) in [6, 6.07) is 5.72. The van der Waals surface area contributed by atoms with Gasteiger partial charge in [-0.05, 0) is 44.6 Å². The molecular formula is C13H22N2S. The Labute approximate surface area is 103 Å². The zero-order chi connectivity index (χ0) is 11.4. The van der Waals surface area contributed by atoms with Gasteiger partial charge < -0.3 is 0 Å². The first kappa shape index (κ1) is 12.1. The third-order valence-electron chi connectivity index (χ3n) is 3.44. The first-order valence-electron chi connectivity index (χ1n) is 6.31. The first-order chi connectivity index (χ1) is 7.77. The predicted octanol–water partition coefficient (Wildman–Crippen LogP) is 3.06. The molecule has 2 heterocycles. The summed E-state index contributed by atoms with van der Waals surface area (Å²) in [5.74, 6) is 0. The fourth-order valence-electron chi connectivity index (χ4n) is 2.50. The Kier molecular flexibility index (Phi) is 4.38. The van der Waals surface area contributed by atoms with Crippen LogP contribution in [0.3, 0.4) is 0 Å². The number of hydrogen-bond acceptors (Lipinski definition) is 3. The number of rotatable bonds is 4. The molecule has 2 unspecified atom stereocenters. The molecule has 1 aromatic heterocycles. The SMILES string of the molecule is CC1CCCC(C)N1NCCc1cccs1. The lowest BCUT2D eigenvalue weighted by molar-refractivity contribution is 0.0471. The van der Waals surface area contributed by atoms with Gasteiger partial charge in [-0.1, -0.05) is 12.5 Å². The van der Waals surface area contributed by atoms with E-state index in [1.54, 1.807) is 0 Å². The highest BCUT2D eigenvalue weighted by atomic mass is 32.1. The van der Waals surface area contributed by atoms with E-state index in [9.17, 15) is 0 Å². The minimum Gasteiger partial charge on any atom is -0.254 e. The minimum atomic E-state index is 0.687. The highest BCUT2D eigenvalue weighted by molar-refractivity contribution is 7.09. The van der Waals surface area contributed by atoms with Crippen molar-refractivity contribution in [2.75, 3.05) is 6.54 Å². The van der Waals surface area contributed by atoms with Crippen LogP contribution in [0.5, 0.6) is 0 Å². The Balaban J connectivity index is 1.75. The summed E-state index contributed by atoms with van der Waals surface area (Å²) in [4.78, 5) is 1.48. The van der Waals surface area contributed by atoms with Gasteiger partial charge in [0.2, 0.25) is 0 Å². The number of thiophene rings is 1. The maximum atomic E-state index is 3.60. The van der Waals surface area contributed by atoms with Crippen LogP contribution in [0, 0.1) is 0 Å². The maximum Gasteiger partial charge on any atom is 0.0218 e. The van der Waals surface area contributed by atoms with Crippen molar-refractivity contribution >= 4 is 11.3 Å². The van der Waals surface area contributed by atoms with E-state index in [1.165, 1.54) is 24.1 Å². The molecule has 0 saturated carbocycles. The molecule has 2 atom stereocenters. The smallest absolute Gasteiger partial charge is 0.0218 e. The van der Waals surface area contributed by atoms with Crippen LogP contribution in [-0.4, -0.2) is 23.6 Å². The average molecular weight is 238 g/mol. The van der Waals surface area contributed by atoms with Crippen LogP contribution in [0.25, 0.3) is 0 Å². The van der Waals surface area contributed by atoms with Crippen molar-refractivity contribution in [1.82, 2.24) is 10.4 Å². The fourth-order valence-corrected chi connectivity index (χ4v) is 3.20. The van der Waals surface area contributed by atoms with Gasteiger partial charge in [0.1, 0.15) is 0 Å². The highest BCUT2D eigenvalue weighted by Gasteiger charge is 2.23. The third kappa shape index (κ3) is 3.06. The van der Waals surface area contributed by atoms with Crippen LogP contribution in [0.2, 0.25) is 0 Å². The summed E-state index contributed by atoms with van der Waals surface area (Å²) in [5.41, 5.74) is 3.60. The van der Waals surface area contributed by atoms with Crippen LogP contribution in [0.15, 0.2) is 17.5 Å². The number of hydrogen-bond donors (Lipinski definition) is 1. The summed E-state index contributed by atoms with van der Waals surface area (Å²) < 4.78 is 0. The van der Waals surface area contributed by atoms with Gasteiger partial charge in [-0.15, -0.1) is 11.3 Å². The molecule has 16 heavy (non-hydrogen) atoms. The summed E-state index contributed by atoms with van der Waals surface area (Å²) >= 11 is 1.85. The van der Waals surface area contributed by atoms with E-state index in [-0.39, 0.29) is 0 Å². The van der Waals surface area contributed by atoms with Crippen molar-refractivity contribution in [1.29, 1.82) is 0 Å². The number of hydrazine groups is 1. The predicted molar refractivity (Wildman–Crippen MR) is 70.6 cm³/mol. The molecule has 1 aromatic rings. The van der Waals surface area contributed by atoms with E-state index in [4.69, 9.17) is 0 Å². The van der Waals surface area contributed by atoms with E-state index in [0.29, 0.717) is 12.1 Å². The Hall–Kier alpha value is -0.380. The molecule has 2 rings (SSSR count). The van der Waals surface area contributed by atoms with E-state index < -0.39 is 0 Å². The van der Waals surface area contributed by atoms with Crippen LogP contribution in [0.1, 0.15) is 38.0 Å². The minimum absolute atomic E-state index is 0.687. The Morgan fingerprint density at radius 1 is 1.38 bits per heavy atom. The van der Waals surface area contributed by atoms with E-state index in [2.05, 4.69) is 41.8 Å². The fraction of sp³-hybridized carbons (Fsp3) is 0.692. The zero-order valence-corrected chi connectivity index (χ0v) is 11.1. The Bertz CT molecular complexity index is 287. The second kappa shape index (κ2) is 5.80. The molecule has 1 N–H and O–H groups in total. The van der Waals surface area contributed by atoms with E-state index >= 15 is 0 Å². The second-order valence-electron chi connectivity index (χ2n) is 4.77. The molecule has 0 radical (unpaired) electrons. The lowest BCUT2D eigenvalue weighted by Crippen LogP contribution is -2.52. The Morgan fingerprint density at radius 2 is 2.12 bits per heavy atom. The largest absolute Gasteiger partial charge is 0.254 e. The van der Waals surface area contributed by atoms with Crippen molar-refractivity contribution < 1.29 is 0 Å². The van der Waals surface area contributed by atoms with Gasteiger partial charge in [-0.3, -0.25) is 5.43 Å². The molecule has 1 saturated heterocycles. The number of nitrogens with one attached hydrogen (secondary N) is 1. The molecule has 0 aromatic carbocycles. The quantitative estimate of drug-likeness (QED) is 0.867. The van der Waals surface area contributed by atoms with Crippen LogP contribution in [0.4, 0.5) is 0 Å². The normalized spacial score (nSPS) is 27.1. The van der Waals surface area contributed by atoms with Gasteiger partial charge in [0, 0.05) is 23.5 Å². The summed E-state index contributed by atoms with van der Waals surface area (Å²) in [6.07, 6.45) is 5.19. The molecule has 3 heteroatoms. The van der Waals surface area contributed by atoms with Crippen molar-refractivity contribution in [2.45, 2.75) is 51.6 Å². The van der Waals surface area contributed by atoms with Crippen molar-refractivity contribution in [3.8, 4) is 0 Å². The molecule has 90 valence electrons. The Morgan fingerprint density at radius 3 is 2.75 bits per heavy atom. The number of piperidine rings is 1. The molecule has 0 amide bonds. The van der Waals surface area contributed by atoms with Gasteiger partial charge in [-0.2, -0.15) is 0 Å². The maximum absolute atomic E-state index is 3.60. The second-order valence-corrected chi connectivity index (χ2v) is 5.81. The third-order valence-corrected chi connectivity index (χ3v) is 4.38. The van der Waals surface area contributed by atoms with Gasteiger partial charge in [0.15, 0.2) is 0 Å². The molecule has 2 nitrogen and oxygen atoms in total. The molecule has 0 bridgehead atoms. The van der Waals surface area contributed by atoms with Crippen LogP contribution in [-0.2, 0) is 6.42 Å². The lowest BCUT2D eigenvalue weighted by atomic mass is 10.00. The highest BCUT2D eigenvalue weighted by Crippen LogP contribution is 2.20. The zero-order valence-electron chi connectivity index (χ0n) is 10.3.